The van der Waals surface area contributed by atoms with E-state index < -0.39 is 34.9 Å². The van der Waals surface area contributed by atoms with Gasteiger partial charge in [0.25, 0.3) is 5.91 Å². The number of guanidine groups is 1. The molecule has 10 nitrogen and oxygen atoms in total. The van der Waals surface area contributed by atoms with Gasteiger partial charge in [-0.3, -0.25) is 19.9 Å². The van der Waals surface area contributed by atoms with E-state index in [1.807, 2.05) is 0 Å². The highest BCUT2D eigenvalue weighted by Crippen LogP contribution is 2.28. The molecule has 0 radical (unpaired) electrons. The summed E-state index contributed by atoms with van der Waals surface area (Å²) in [7, 11) is 1.63. The maximum absolute atomic E-state index is 14.4. The van der Waals surface area contributed by atoms with Crippen molar-refractivity contribution in [2.45, 2.75) is 6.92 Å². The second kappa shape index (κ2) is 9.21. The second-order valence-corrected chi connectivity index (χ2v) is 7.40. The normalized spacial score (nSPS) is 11.5. The highest BCUT2D eigenvalue weighted by Gasteiger charge is 2.18. The largest absolute Gasteiger partial charge is 0.505 e. The van der Waals surface area contributed by atoms with Crippen molar-refractivity contribution in [1.82, 2.24) is 25.3 Å². The lowest BCUT2D eigenvalue weighted by Crippen LogP contribution is -2.36. The Labute approximate surface area is 195 Å². The van der Waals surface area contributed by atoms with E-state index in [2.05, 4.69) is 30.9 Å². The van der Waals surface area contributed by atoms with Gasteiger partial charge in [-0.2, -0.15) is 15.2 Å². The first-order valence-electron chi connectivity index (χ1n) is 10.0. The van der Waals surface area contributed by atoms with Crippen LogP contribution < -0.4 is 10.6 Å². The van der Waals surface area contributed by atoms with Gasteiger partial charge in [0.05, 0.1) is 22.6 Å². The number of anilines is 1. The minimum atomic E-state index is -1.30. The van der Waals surface area contributed by atoms with Crippen molar-refractivity contribution in [3.8, 4) is 22.8 Å². The van der Waals surface area contributed by atoms with Gasteiger partial charge in [-0.15, -0.1) is 0 Å². The Balaban J connectivity index is 1.69. The van der Waals surface area contributed by atoms with E-state index in [4.69, 9.17) is 0 Å². The predicted octanol–water partition coefficient (Wildman–Crippen LogP) is 3.48. The van der Waals surface area contributed by atoms with E-state index in [1.54, 1.807) is 14.0 Å². The maximum Gasteiger partial charge on any atom is 0.261 e. The number of hydrogen-bond donors (Lipinski definition) is 5. The predicted molar refractivity (Wildman–Crippen MR) is 120 cm³/mol. The number of nitrogens with one attached hydrogen (secondary N) is 3. The number of aryl methyl sites for hydroxylation is 2. The van der Waals surface area contributed by atoms with Crippen molar-refractivity contribution in [2.75, 3.05) is 5.32 Å². The first-order valence-corrected chi connectivity index (χ1v) is 10.0. The minimum Gasteiger partial charge on any atom is -0.505 e. The zero-order valence-electron chi connectivity index (χ0n) is 18.3. The molecule has 180 valence electrons. The quantitative estimate of drug-likeness (QED) is 0.221. The minimum absolute atomic E-state index is 0.00549. The highest BCUT2D eigenvalue weighted by atomic mass is 19.1. The number of carbonyl (C=O) groups excluding carboxylic acids is 1. The number of aromatic hydroxyl groups is 2. The molecule has 1 amide bonds. The van der Waals surface area contributed by atoms with Gasteiger partial charge in [0, 0.05) is 24.9 Å². The van der Waals surface area contributed by atoms with Crippen LogP contribution in [0.1, 0.15) is 16.1 Å². The third-order valence-electron chi connectivity index (χ3n) is 4.86. The lowest BCUT2D eigenvalue weighted by molar-refractivity contribution is 0.0976. The van der Waals surface area contributed by atoms with Crippen LogP contribution in [-0.2, 0) is 7.05 Å². The molecular formula is C22H18F3N7O3. The zero-order chi connectivity index (χ0) is 25.3. The summed E-state index contributed by atoms with van der Waals surface area (Å²) in [6.07, 6.45) is 1.47. The number of phenolic OH excluding ortho intramolecular Hbond substituents is 2. The fraction of sp³-hybridized carbons (Fsp3) is 0.0909. The fourth-order valence-electron chi connectivity index (χ4n) is 3.15. The highest BCUT2D eigenvalue weighted by molar-refractivity contribution is 6.11. The van der Waals surface area contributed by atoms with E-state index in [-0.39, 0.29) is 23.0 Å². The first kappa shape index (κ1) is 23.4. The van der Waals surface area contributed by atoms with Crippen molar-refractivity contribution in [1.29, 1.82) is 0 Å². The number of carbonyl (C=O) groups is 1. The third-order valence-corrected chi connectivity index (χ3v) is 4.86. The summed E-state index contributed by atoms with van der Waals surface area (Å²) >= 11 is 0. The summed E-state index contributed by atoms with van der Waals surface area (Å²) in [5.41, 5.74) is 0.954. The molecule has 0 atom stereocenters. The van der Waals surface area contributed by atoms with Crippen LogP contribution in [0.3, 0.4) is 0 Å². The summed E-state index contributed by atoms with van der Waals surface area (Å²) in [6, 6.07) is 6.95. The van der Waals surface area contributed by atoms with Crippen LogP contribution in [0.25, 0.3) is 11.3 Å². The number of halogens is 3. The van der Waals surface area contributed by atoms with Crippen molar-refractivity contribution in [3.05, 3.63) is 71.3 Å². The van der Waals surface area contributed by atoms with Crippen LogP contribution >= 0.6 is 0 Å². The Bertz CT molecular complexity index is 1460. The Morgan fingerprint density at radius 2 is 1.89 bits per heavy atom. The number of aliphatic imine (C=N–C) groups is 1. The molecule has 0 unspecified atom stereocenters. The average Bonchev–Trinajstić information content (AvgIpc) is 3.41. The van der Waals surface area contributed by atoms with Gasteiger partial charge < -0.3 is 15.5 Å². The van der Waals surface area contributed by atoms with Gasteiger partial charge in [0.15, 0.2) is 34.8 Å². The molecule has 0 bridgehead atoms. The Morgan fingerprint density at radius 3 is 2.57 bits per heavy atom. The number of rotatable bonds is 4. The summed E-state index contributed by atoms with van der Waals surface area (Å²) in [4.78, 5) is 16.9. The molecule has 0 fully saturated rings. The maximum atomic E-state index is 14.4. The van der Waals surface area contributed by atoms with Crippen LogP contribution in [0.2, 0.25) is 0 Å². The molecule has 0 saturated carbocycles. The molecule has 4 aromatic rings. The molecule has 2 heterocycles. The molecule has 0 saturated heterocycles. The van der Waals surface area contributed by atoms with Gasteiger partial charge in [-0.25, -0.2) is 13.2 Å². The number of phenols is 2. The molecule has 0 spiro atoms. The van der Waals surface area contributed by atoms with E-state index in [9.17, 15) is 28.2 Å². The molecule has 2 aromatic heterocycles. The summed E-state index contributed by atoms with van der Waals surface area (Å²) in [5.74, 6) is -5.97. The number of nitrogens with zero attached hydrogens (tertiary/aromatic N) is 4. The molecule has 35 heavy (non-hydrogen) atoms. The van der Waals surface area contributed by atoms with Crippen molar-refractivity contribution in [3.63, 3.8) is 0 Å². The molecule has 13 heteroatoms. The summed E-state index contributed by atoms with van der Waals surface area (Å²) < 4.78 is 43.0. The standard InChI is InChI=1S/C22H18F3N7O3/c1-10-12(9-32(2)31-10)21(35)28-22(26-15-5-4-13(23)20(34)19(15)25)27-18-8-16(29-30-18)11-3-6-17(33)14(24)7-11/h3-9,33-34H,1-2H3,(H3,26,27,28,29,30,35). The molecule has 0 aliphatic rings. The van der Waals surface area contributed by atoms with E-state index in [1.165, 1.54) is 29.1 Å². The van der Waals surface area contributed by atoms with Gasteiger partial charge in [-0.05, 0) is 37.3 Å². The SMILES string of the molecule is Cc1nn(C)cc1C(=O)NC(=Nc1cc(-c2ccc(O)c(F)c2)[nH]n1)Nc1ccc(F)c(O)c1F. The number of aromatic amines is 1. The summed E-state index contributed by atoms with van der Waals surface area (Å²) in [6.45, 7) is 1.62. The molecule has 5 N–H and O–H groups in total. The molecular weight excluding hydrogens is 467 g/mol. The average molecular weight is 485 g/mol. The number of H-pyrrole nitrogens is 1. The monoisotopic (exact) mass is 485 g/mol. The fourth-order valence-corrected chi connectivity index (χ4v) is 3.15. The van der Waals surface area contributed by atoms with Crippen molar-refractivity contribution in [2.24, 2.45) is 12.0 Å². The van der Waals surface area contributed by atoms with Crippen LogP contribution in [0.4, 0.5) is 24.7 Å². The summed E-state index contributed by atoms with van der Waals surface area (Å²) in [5, 5.41) is 34.6. The molecule has 0 aliphatic heterocycles. The third kappa shape index (κ3) is 4.93. The second-order valence-electron chi connectivity index (χ2n) is 7.40. The molecule has 0 aliphatic carbocycles. The Morgan fingerprint density at radius 1 is 1.11 bits per heavy atom. The van der Waals surface area contributed by atoms with Crippen LogP contribution in [0.5, 0.6) is 11.5 Å². The Kier molecular flexibility index (Phi) is 6.14. The van der Waals surface area contributed by atoms with Gasteiger partial charge >= 0.3 is 0 Å². The number of benzene rings is 2. The van der Waals surface area contributed by atoms with Crippen LogP contribution in [-0.4, -0.2) is 42.1 Å². The molecule has 4 rings (SSSR count). The van der Waals surface area contributed by atoms with Gasteiger partial charge in [-0.1, -0.05) is 0 Å². The zero-order valence-corrected chi connectivity index (χ0v) is 18.3. The van der Waals surface area contributed by atoms with E-state index in [0.29, 0.717) is 17.0 Å². The van der Waals surface area contributed by atoms with Crippen molar-refractivity contribution < 1.29 is 28.2 Å². The number of aromatic nitrogens is 4. The Hall–Kier alpha value is -4.81. The first-order chi connectivity index (χ1) is 16.6. The lowest BCUT2D eigenvalue weighted by atomic mass is 10.1. The van der Waals surface area contributed by atoms with Gasteiger partial charge in [0.2, 0.25) is 5.96 Å². The van der Waals surface area contributed by atoms with Crippen molar-refractivity contribution >= 4 is 23.4 Å². The molecule has 2 aromatic carbocycles. The topological polar surface area (TPSA) is 140 Å². The number of amides is 1. The van der Waals surface area contributed by atoms with E-state index >= 15 is 0 Å². The lowest BCUT2D eigenvalue weighted by Gasteiger charge is -2.12. The van der Waals surface area contributed by atoms with Gasteiger partial charge in [0.1, 0.15) is 0 Å². The smallest absolute Gasteiger partial charge is 0.261 e. The van der Waals surface area contributed by atoms with E-state index in [0.717, 1.165) is 18.2 Å². The van der Waals surface area contributed by atoms with Crippen LogP contribution in [0, 0.1) is 24.4 Å². The number of hydrogen-bond acceptors (Lipinski definition) is 6. The van der Waals surface area contributed by atoms with Crippen LogP contribution in [0.15, 0.2) is 47.6 Å².